The van der Waals surface area contributed by atoms with E-state index in [0.29, 0.717) is 5.75 Å². The minimum Gasteiger partial charge on any atom is -0.496 e. The van der Waals surface area contributed by atoms with Crippen molar-refractivity contribution >= 4 is 11.5 Å². The minimum atomic E-state index is -0.589. The number of pyridine rings is 1. The molecule has 0 unspecified atom stereocenters. The van der Waals surface area contributed by atoms with Gasteiger partial charge in [-0.25, -0.2) is 4.98 Å². The molecule has 0 aliphatic carbocycles. The van der Waals surface area contributed by atoms with Gasteiger partial charge in [0.1, 0.15) is 5.75 Å². The lowest BCUT2D eigenvalue weighted by Crippen LogP contribution is -2.01. The Balaban J connectivity index is 2.45. The second kappa shape index (κ2) is 6.00. The molecule has 108 valence electrons. The molecule has 1 heterocycles. The van der Waals surface area contributed by atoms with Gasteiger partial charge in [0, 0.05) is 6.20 Å². The lowest BCUT2D eigenvalue weighted by atomic mass is 10.2. The molecule has 7 nitrogen and oxygen atoms in total. The first kappa shape index (κ1) is 14.4. The number of benzene rings is 1. The topological polar surface area (TPSA) is 91.6 Å². The summed E-state index contributed by atoms with van der Waals surface area (Å²) >= 11 is 0. The Morgan fingerprint density at radius 3 is 2.71 bits per heavy atom. The first-order valence-electron chi connectivity index (χ1n) is 5.99. The smallest absolute Gasteiger partial charge is 0.315 e. The lowest BCUT2D eigenvalue weighted by Gasteiger charge is -2.09. The van der Waals surface area contributed by atoms with Gasteiger partial charge in [0.05, 0.1) is 23.7 Å². The number of carbonyl (C=O) groups is 1. The highest BCUT2D eigenvalue weighted by atomic mass is 16.6. The van der Waals surface area contributed by atoms with Gasteiger partial charge in [-0.3, -0.25) is 14.9 Å². The van der Waals surface area contributed by atoms with Crippen molar-refractivity contribution in [1.82, 2.24) is 4.98 Å². The fourth-order valence-corrected chi connectivity index (χ4v) is 1.70. The van der Waals surface area contributed by atoms with E-state index in [9.17, 15) is 14.9 Å². The highest BCUT2D eigenvalue weighted by Crippen LogP contribution is 2.34. The van der Waals surface area contributed by atoms with Gasteiger partial charge in [0.15, 0.2) is 5.78 Å². The maximum Gasteiger partial charge on any atom is 0.315 e. The van der Waals surface area contributed by atoms with Crippen molar-refractivity contribution in [3.05, 3.63) is 52.2 Å². The van der Waals surface area contributed by atoms with Crippen molar-refractivity contribution < 1.29 is 19.2 Å². The van der Waals surface area contributed by atoms with E-state index in [1.165, 1.54) is 38.4 Å². The number of methoxy groups -OCH3 is 1. The van der Waals surface area contributed by atoms with Crippen LogP contribution in [0.3, 0.4) is 0 Å². The van der Waals surface area contributed by atoms with Crippen LogP contribution >= 0.6 is 0 Å². The summed E-state index contributed by atoms with van der Waals surface area (Å²) in [5, 5.41) is 11.1. The van der Waals surface area contributed by atoms with Crippen LogP contribution in [0.15, 0.2) is 36.5 Å². The molecule has 0 saturated heterocycles. The minimum absolute atomic E-state index is 0.0120. The number of nitro groups is 1. The maximum atomic E-state index is 11.5. The number of hydrogen-bond acceptors (Lipinski definition) is 6. The molecular formula is C14H12N2O5. The van der Waals surface area contributed by atoms with Crippen molar-refractivity contribution in [2.75, 3.05) is 7.11 Å². The molecule has 0 N–H and O–H groups in total. The van der Waals surface area contributed by atoms with E-state index < -0.39 is 4.92 Å². The largest absolute Gasteiger partial charge is 0.496 e. The standard InChI is InChI=1S/C14H12N2O5/c1-9(17)11-4-3-7-15-14(11)21-13-6-5-10(20-2)8-12(13)16(18)19/h3-8H,1-2H3. The number of Topliss-reactive ketones (excluding diaryl/α,β-unsaturated/α-hetero) is 1. The second-order valence-electron chi connectivity index (χ2n) is 4.11. The molecule has 7 heteroatoms. The number of hydrogen-bond donors (Lipinski definition) is 0. The summed E-state index contributed by atoms with van der Waals surface area (Å²) in [5.41, 5.74) is -0.0166. The van der Waals surface area contributed by atoms with Crippen LogP contribution in [0.5, 0.6) is 17.4 Å². The molecule has 21 heavy (non-hydrogen) atoms. The number of rotatable bonds is 5. The molecule has 0 saturated carbocycles. The number of carbonyl (C=O) groups excluding carboxylic acids is 1. The van der Waals surface area contributed by atoms with Crippen LogP contribution in [0.1, 0.15) is 17.3 Å². The number of ether oxygens (including phenoxy) is 2. The molecule has 0 fully saturated rings. The molecule has 0 radical (unpaired) electrons. The van der Waals surface area contributed by atoms with Gasteiger partial charge in [-0.2, -0.15) is 0 Å². The third-order valence-electron chi connectivity index (χ3n) is 2.72. The van der Waals surface area contributed by atoms with Gasteiger partial charge in [0.25, 0.3) is 0 Å². The van der Waals surface area contributed by atoms with Crippen LogP contribution < -0.4 is 9.47 Å². The molecule has 2 aromatic rings. The zero-order valence-electron chi connectivity index (χ0n) is 11.4. The van der Waals surface area contributed by atoms with Crippen LogP contribution in [-0.2, 0) is 0 Å². The van der Waals surface area contributed by atoms with Crippen molar-refractivity contribution in [2.45, 2.75) is 6.92 Å². The Hall–Kier alpha value is -2.96. The van der Waals surface area contributed by atoms with E-state index in [1.54, 1.807) is 12.1 Å². The predicted octanol–water partition coefficient (Wildman–Crippen LogP) is 2.99. The highest BCUT2D eigenvalue weighted by molar-refractivity contribution is 5.96. The number of nitro benzene ring substituents is 1. The fourth-order valence-electron chi connectivity index (χ4n) is 1.70. The molecule has 0 aliphatic rings. The van der Waals surface area contributed by atoms with Crippen molar-refractivity contribution in [2.24, 2.45) is 0 Å². The summed E-state index contributed by atoms with van der Waals surface area (Å²) in [6.45, 7) is 1.37. The monoisotopic (exact) mass is 288 g/mol. The normalized spacial score (nSPS) is 10.0. The molecule has 0 bridgehead atoms. The predicted molar refractivity (Wildman–Crippen MR) is 74.0 cm³/mol. The summed E-state index contributed by atoms with van der Waals surface area (Å²) in [4.78, 5) is 25.9. The van der Waals surface area contributed by atoms with E-state index in [4.69, 9.17) is 9.47 Å². The van der Waals surface area contributed by atoms with Gasteiger partial charge in [-0.05, 0) is 31.2 Å². The van der Waals surface area contributed by atoms with E-state index >= 15 is 0 Å². The number of aromatic nitrogens is 1. The van der Waals surface area contributed by atoms with E-state index in [-0.39, 0.29) is 28.7 Å². The Labute approximate surface area is 120 Å². The van der Waals surface area contributed by atoms with Crippen LogP contribution in [-0.4, -0.2) is 22.8 Å². The Bertz CT molecular complexity index is 700. The van der Waals surface area contributed by atoms with Crippen molar-refractivity contribution in [3.8, 4) is 17.4 Å². The van der Waals surface area contributed by atoms with Crippen LogP contribution in [0, 0.1) is 10.1 Å². The first-order chi connectivity index (χ1) is 10.0. The van der Waals surface area contributed by atoms with Gasteiger partial charge in [-0.15, -0.1) is 0 Å². The zero-order valence-corrected chi connectivity index (χ0v) is 11.4. The van der Waals surface area contributed by atoms with Gasteiger partial charge in [-0.1, -0.05) is 0 Å². The van der Waals surface area contributed by atoms with Gasteiger partial charge < -0.3 is 9.47 Å². The van der Waals surface area contributed by atoms with Crippen LogP contribution in [0.2, 0.25) is 0 Å². The number of ketones is 1. The fraction of sp³-hybridized carbons (Fsp3) is 0.143. The molecule has 2 rings (SSSR count). The Morgan fingerprint density at radius 2 is 2.10 bits per heavy atom. The molecular weight excluding hydrogens is 276 g/mol. The summed E-state index contributed by atoms with van der Waals surface area (Å²) in [6, 6.07) is 7.30. The van der Waals surface area contributed by atoms with Gasteiger partial charge >= 0.3 is 5.69 Å². The number of nitrogens with zero attached hydrogens (tertiary/aromatic N) is 2. The van der Waals surface area contributed by atoms with E-state index in [2.05, 4.69) is 4.98 Å². The van der Waals surface area contributed by atoms with Crippen molar-refractivity contribution in [3.63, 3.8) is 0 Å². The average Bonchev–Trinajstić information content (AvgIpc) is 2.47. The summed E-state index contributed by atoms with van der Waals surface area (Å²) in [5.74, 6) is 0.108. The Morgan fingerprint density at radius 1 is 1.33 bits per heavy atom. The molecule has 0 spiro atoms. The van der Waals surface area contributed by atoms with Crippen LogP contribution in [0.25, 0.3) is 0 Å². The third-order valence-corrected chi connectivity index (χ3v) is 2.72. The van der Waals surface area contributed by atoms with E-state index in [0.717, 1.165) is 0 Å². The quantitative estimate of drug-likeness (QED) is 0.477. The highest BCUT2D eigenvalue weighted by Gasteiger charge is 2.19. The van der Waals surface area contributed by atoms with E-state index in [1.807, 2.05) is 0 Å². The van der Waals surface area contributed by atoms with Gasteiger partial charge in [0.2, 0.25) is 11.6 Å². The first-order valence-corrected chi connectivity index (χ1v) is 5.99. The zero-order chi connectivity index (χ0) is 15.4. The average molecular weight is 288 g/mol. The maximum absolute atomic E-state index is 11.5. The molecule has 0 aliphatic heterocycles. The summed E-state index contributed by atoms with van der Waals surface area (Å²) < 4.78 is 10.4. The summed E-state index contributed by atoms with van der Waals surface area (Å²) in [7, 11) is 1.41. The van der Waals surface area contributed by atoms with Crippen LogP contribution in [0.4, 0.5) is 5.69 Å². The molecule has 0 atom stereocenters. The van der Waals surface area contributed by atoms with Crippen molar-refractivity contribution in [1.29, 1.82) is 0 Å². The second-order valence-corrected chi connectivity index (χ2v) is 4.11. The SMILES string of the molecule is COc1ccc(Oc2ncccc2C(C)=O)c([N+](=O)[O-])c1. The molecule has 1 aromatic carbocycles. The molecule has 1 aromatic heterocycles. The summed E-state index contributed by atoms with van der Waals surface area (Å²) in [6.07, 6.45) is 1.44. The Kier molecular flexibility index (Phi) is 4.13. The molecule has 0 amide bonds. The lowest BCUT2D eigenvalue weighted by molar-refractivity contribution is -0.385. The third kappa shape index (κ3) is 3.14.